The van der Waals surface area contributed by atoms with Crippen LogP contribution >= 0.6 is 0 Å². The molecule has 0 amide bonds. The van der Waals surface area contributed by atoms with E-state index in [1.54, 1.807) is 6.92 Å². The summed E-state index contributed by atoms with van der Waals surface area (Å²) in [5.74, 6) is 2.80. The molecule has 0 spiro atoms. The monoisotopic (exact) mass is 232 g/mol. The number of aliphatic hydroxyl groups excluding tert-OH is 1. The Balaban J connectivity index is 1.78. The van der Waals surface area contributed by atoms with Crippen LogP contribution in [-0.2, 0) is 0 Å². The normalized spacial score (nSPS) is 29.4. The number of nitrogens with zero attached hydrogens (tertiary/aromatic N) is 2. The lowest BCUT2D eigenvalue weighted by molar-refractivity contribution is 0.199. The second-order valence-electron chi connectivity index (χ2n) is 5.48. The van der Waals surface area contributed by atoms with E-state index < -0.39 is 6.10 Å². The van der Waals surface area contributed by atoms with Crippen LogP contribution in [0.4, 0.5) is 5.82 Å². The van der Waals surface area contributed by atoms with E-state index in [0.29, 0.717) is 0 Å². The SMILES string of the molecule is CC(O)c1ccnc(N2CC3CCCC3C2)c1. The zero-order valence-corrected chi connectivity index (χ0v) is 10.3. The van der Waals surface area contributed by atoms with E-state index in [9.17, 15) is 5.11 Å². The van der Waals surface area contributed by atoms with Crippen molar-refractivity contribution in [2.75, 3.05) is 18.0 Å². The highest BCUT2D eigenvalue weighted by Gasteiger charge is 2.36. The summed E-state index contributed by atoms with van der Waals surface area (Å²) in [6, 6.07) is 3.93. The van der Waals surface area contributed by atoms with Crippen molar-refractivity contribution in [3.05, 3.63) is 23.9 Å². The van der Waals surface area contributed by atoms with E-state index >= 15 is 0 Å². The third-order valence-electron chi connectivity index (χ3n) is 4.30. The van der Waals surface area contributed by atoms with Gasteiger partial charge < -0.3 is 10.0 Å². The van der Waals surface area contributed by atoms with E-state index in [-0.39, 0.29) is 0 Å². The molecule has 2 fully saturated rings. The van der Waals surface area contributed by atoms with Crippen molar-refractivity contribution in [3.63, 3.8) is 0 Å². The van der Waals surface area contributed by atoms with Crippen LogP contribution in [0.5, 0.6) is 0 Å². The molecule has 3 unspecified atom stereocenters. The van der Waals surface area contributed by atoms with Crippen LogP contribution in [0.1, 0.15) is 37.9 Å². The number of pyridine rings is 1. The minimum Gasteiger partial charge on any atom is -0.389 e. The Kier molecular flexibility index (Phi) is 2.79. The molecule has 0 bridgehead atoms. The molecule has 2 heterocycles. The molecule has 3 heteroatoms. The van der Waals surface area contributed by atoms with Gasteiger partial charge in [0.1, 0.15) is 5.82 Å². The van der Waals surface area contributed by atoms with Crippen LogP contribution in [0.15, 0.2) is 18.3 Å². The Labute approximate surface area is 102 Å². The number of hydrogen-bond donors (Lipinski definition) is 1. The first kappa shape index (κ1) is 11.0. The minimum atomic E-state index is -0.404. The Hall–Kier alpha value is -1.09. The smallest absolute Gasteiger partial charge is 0.128 e. The summed E-state index contributed by atoms with van der Waals surface area (Å²) in [6.45, 7) is 4.11. The molecular weight excluding hydrogens is 212 g/mol. The Morgan fingerprint density at radius 2 is 2.06 bits per heavy atom. The van der Waals surface area contributed by atoms with Gasteiger partial charge in [-0.05, 0) is 49.3 Å². The standard InChI is InChI=1S/C14H20N2O/c1-10(17)11-5-6-15-14(7-11)16-8-12-3-2-4-13(12)9-16/h5-7,10,12-13,17H,2-4,8-9H2,1H3. The molecule has 1 aromatic heterocycles. The number of aromatic nitrogens is 1. The quantitative estimate of drug-likeness (QED) is 0.850. The van der Waals surface area contributed by atoms with E-state index in [0.717, 1.165) is 36.3 Å². The van der Waals surface area contributed by atoms with Gasteiger partial charge in [0.05, 0.1) is 6.10 Å². The second kappa shape index (κ2) is 4.30. The zero-order valence-electron chi connectivity index (χ0n) is 10.3. The first-order valence-corrected chi connectivity index (χ1v) is 6.63. The van der Waals surface area contributed by atoms with Crippen LogP contribution in [0.3, 0.4) is 0 Å². The molecule has 1 aliphatic carbocycles. The van der Waals surface area contributed by atoms with E-state index in [1.807, 2.05) is 18.3 Å². The lowest BCUT2D eigenvalue weighted by Crippen LogP contribution is -2.22. The molecule has 1 saturated heterocycles. The van der Waals surface area contributed by atoms with Crippen LogP contribution in [0.2, 0.25) is 0 Å². The molecule has 92 valence electrons. The van der Waals surface area contributed by atoms with Gasteiger partial charge in [-0.1, -0.05) is 6.42 Å². The largest absolute Gasteiger partial charge is 0.389 e. The van der Waals surface area contributed by atoms with Crippen molar-refractivity contribution in [2.45, 2.75) is 32.3 Å². The summed E-state index contributed by atoms with van der Waals surface area (Å²) in [5.41, 5.74) is 0.965. The molecule has 1 aliphatic heterocycles. The fraction of sp³-hybridized carbons (Fsp3) is 0.643. The van der Waals surface area contributed by atoms with E-state index in [1.165, 1.54) is 19.3 Å². The predicted octanol–water partition coefficient (Wildman–Crippen LogP) is 2.37. The number of rotatable bonds is 2. The zero-order chi connectivity index (χ0) is 11.8. The molecule has 3 atom stereocenters. The highest BCUT2D eigenvalue weighted by atomic mass is 16.3. The second-order valence-corrected chi connectivity index (χ2v) is 5.48. The summed E-state index contributed by atoms with van der Waals surface area (Å²) in [4.78, 5) is 6.84. The third kappa shape index (κ3) is 2.04. The maximum atomic E-state index is 9.61. The average molecular weight is 232 g/mol. The lowest BCUT2D eigenvalue weighted by atomic mass is 10.0. The van der Waals surface area contributed by atoms with Gasteiger partial charge in [0.15, 0.2) is 0 Å². The van der Waals surface area contributed by atoms with Gasteiger partial charge in [0.2, 0.25) is 0 Å². The molecule has 1 N–H and O–H groups in total. The molecule has 1 saturated carbocycles. The van der Waals surface area contributed by atoms with Crippen molar-refractivity contribution in [3.8, 4) is 0 Å². The Bertz CT molecular complexity index is 393. The van der Waals surface area contributed by atoms with Gasteiger partial charge in [-0.25, -0.2) is 4.98 Å². The van der Waals surface area contributed by atoms with Crippen LogP contribution in [0.25, 0.3) is 0 Å². The van der Waals surface area contributed by atoms with Crippen molar-refractivity contribution in [1.29, 1.82) is 0 Å². The molecule has 17 heavy (non-hydrogen) atoms. The fourth-order valence-electron chi connectivity index (χ4n) is 3.29. The summed E-state index contributed by atoms with van der Waals surface area (Å²) >= 11 is 0. The lowest BCUT2D eigenvalue weighted by Gasteiger charge is -2.19. The molecule has 0 radical (unpaired) electrons. The van der Waals surface area contributed by atoms with Crippen LogP contribution in [0, 0.1) is 11.8 Å². The summed E-state index contributed by atoms with van der Waals surface area (Å²) in [5, 5.41) is 9.61. The number of anilines is 1. The molecule has 0 aromatic carbocycles. The van der Waals surface area contributed by atoms with E-state index in [2.05, 4.69) is 9.88 Å². The third-order valence-corrected chi connectivity index (χ3v) is 4.30. The topological polar surface area (TPSA) is 36.4 Å². The van der Waals surface area contributed by atoms with Gasteiger partial charge in [0.25, 0.3) is 0 Å². The maximum absolute atomic E-state index is 9.61. The first-order chi connectivity index (χ1) is 8.24. The highest BCUT2D eigenvalue weighted by molar-refractivity contribution is 5.43. The van der Waals surface area contributed by atoms with Gasteiger partial charge in [-0.15, -0.1) is 0 Å². The minimum absolute atomic E-state index is 0.404. The number of fused-ring (bicyclic) bond motifs is 1. The van der Waals surface area contributed by atoms with Gasteiger partial charge in [-0.3, -0.25) is 0 Å². The van der Waals surface area contributed by atoms with Crippen LogP contribution in [-0.4, -0.2) is 23.2 Å². The summed E-state index contributed by atoms with van der Waals surface area (Å²) in [6.07, 6.45) is 5.59. The van der Waals surface area contributed by atoms with Crippen LogP contribution < -0.4 is 4.90 Å². The van der Waals surface area contributed by atoms with E-state index in [4.69, 9.17) is 0 Å². The summed E-state index contributed by atoms with van der Waals surface area (Å²) < 4.78 is 0. The number of hydrogen-bond acceptors (Lipinski definition) is 3. The maximum Gasteiger partial charge on any atom is 0.128 e. The fourth-order valence-corrected chi connectivity index (χ4v) is 3.29. The Morgan fingerprint density at radius 3 is 2.71 bits per heavy atom. The molecule has 2 aliphatic rings. The van der Waals surface area contributed by atoms with Crippen molar-refractivity contribution in [1.82, 2.24) is 4.98 Å². The molecule has 3 rings (SSSR count). The van der Waals surface area contributed by atoms with Gasteiger partial charge in [0, 0.05) is 19.3 Å². The Morgan fingerprint density at radius 1 is 1.35 bits per heavy atom. The first-order valence-electron chi connectivity index (χ1n) is 6.63. The van der Waals surface area contributed by atoms with Gasteiger partial charge in [-0.2, -0.15) is 0 Å². The van der Waals surface area contributed by atoms with Gasteiger partial charge >= 0.3 is 0 Å². The average Bonchev–Trinajstić information content (AvgIpc) is 2.89. The van der Waals surface area contributed by atoms with Crippen molar-refractivity contribution < 1.29 is 5.11 Å². The molecule has 1 aromatic rings. The highest BCUT2D eigenvalue weighted by Crippen LogP contribution is 2.39. The summed E-state index contributed by atoms with van der Waals surface area (Å²) in [7, 11) is 0. The molecule has 3 nitrogen and oxygen atoms in total. The van der Waals surface area contributed by atoms with Crippen molar-refractivity contribution in [2.24, 2.45) is 11.8 Å². The molecular formula is C14H20N2O. The van der Waals surface area contributed by atoms with Crippen molar-refractivity contribution >= 4 is 5.82 Å². The number of aliphatic hydroxyl groups is 1. The predicted molar refractivity (Wildman–Crippen MR) is 67.9 cm³/mol.